The zero-order valence-electron chi connectivity index (χ0n) is 21.2. The van der Waals surface area contributed by atoms with E-state index in [9.17, 15) is 27.2 Å². The van der Waals surface area contributed by atoms with E-state index in [1.807, 2.05) is 6.92 Å². The number of hydrogen-bond donors (Lipinski definition) is 4. The maximum atomic E-state index is 14.7. The SMILES string of the molecule is CCCNC(=O)CCNC(=O)C1(N)CCN(c2ccc(F)c(C(F)(F)F)c2Cn2cnc3c(N)ncnc32)C1. The average molecular weight is 552 g/mol. The molecule has 210 valence electrons. The number of nitrogens with zero attached hydrogens (tertiary/aromatic N) is 5. The maximum absolute atomic E-state index is 14.7. The van der Waals surface area contributed by atoms with Gasteiger partial charge in [-0.05, 0) is 25.0 Å². The first-order valence-electron chi connectivity index (χ1n) is 12.3. The molecule has 0 radical (unpaired) electrons. The summed E-state index contributed by atoms with van der Waals surface area (Å²) in [5, 5.41) is 5.34. The number of carbonyl (C=O) groups is 2. The Morgan fingerprint density at radius 2 is 1.92 bits per heavy atom. The van der Waals surface area contributed by atoms with Gasteiger partial charge < -0.3 is 31.6 Å². The van der Waals surface area contributed by atoms with Gasteiger partial charge in [-0.15, -0.1) is 0 Å². The minimum Gasteiger partial charge on any atom is -0.382 e. The monoisotopic (exact) mass is 551 g/mol. The van der Waals surface area contributed by atoms with Gasteiger partial charge in [0.05, 0.1) is 18.4 Å². The second-order valence-electron chi connectivity index (χ2n) is 9.40. The fraction of sp³-hybridized carbons (Fsp3) is 0.458. The van der Waals surface area contributed by atoms with Crippen molar-refractivity contribution in [1.82, 2.24) is 30.2 Å². The van der Waals surface area contributed by atoms with E-state index >= 15 is 0 Å². The fourth-order valence-electron chi connectivity index (χ4n) is 4.60. The minimum absolute atomic E-state index is 0.0515. The number of alkyl halides is 3. The van der Waals surface area contributed by atoms with Crippen LogP contribution in [0.3, 0.4) is 0 Å². The van der Waals surface area contributed by atoms with Crippen molar-refractivity contribution in [3.8, 4) is 0 Å². The predicted octanol–water partition coefficient (Wildman–Crippen LogP) is 1.55. The lowest BCUT2D eigenvalue weighted by molar-refractivity contribution is -0.140. The largest absolute Gasteiger partial charge is 0.419 e. The second-order valence-corrected chi connectivity index (χ2v) is 9.40. The van der Waals surface area contributed by atoms with Gasteiger partial charge in [-0.3, -0.25) is 9.59 Å². The molecular weight excluding hydrogens is 522 g/mol. The average Bonchev–Trinajstić information content (AvgIpc) is 3.47. The lowest BCUT2D eigenvalue weighted by Gasteiger charge is -2.28. The number of aromatic nitrogens is 4. The number of nitrogens with two attached hydrogens (primary N) is 2. The molecule has 1 unspecified atom stereocenters. The van der Waals surface area contributed by atoms with Crippen molar-refractivity contribution in [3.05, 3.63) is 41.7 Å². The molecule has 1 aromatic carbocycles. The first kappa shape index (κ1) is 28.0. The van der Waals surface area contributed by atoms with Gasteiger partial charge in [0, 0.05) is 43.9 Å². The molecular formula is C24H29F4N9O2. The van der Waals surface area contributed by atoms with Gasteiger partial charge in [0.1, 0.15) is 23.2 Å². The number of nitrogen functional groups attached to an aromatic ring is 1. The topological polar surface area (TPSA) is 157 Å². The zero-order valence-corrected chi connectivity index (χ0v) is 21.2. The molecule has 1 fully saturated rings. The molecule has 11 nitrogen and oxygen atoms in total. The summed E-state index contributed by atoms with van der Waals surface area (Å²) in [5.41, 5.74) is 9.40. The smallest absolute Gasteiger partial charge is 0.382 e. The van der Waals surface area contributed by atoms with Crippen molar-refractivity contribution in [2.45, 2.75) is 44.4 Å². The van der Waals surface area contributed by atoms with Crippen LogP contribution >= 0.6 is 0 Å². The van der Waals surface area contributed by atoms with Crippen LogP contribution in [-0.2, 0) is 22.3 Å². The lowest BCUT2D eigenvalue weighted by Crippen LogP contribution is -2.56. The number of halogens is 4. The Kier molecular flexibility index (Phi) is 7.90. The Morgan fingerprint density at radius 1 is 1.15 bits per heavy atom. The molecule has 0 saturated carbocycles. The third-order valence-corrected chi connectivity index (χ3v) is 6.58. The van der Waals surface area contributed by atoms with Gasteiger partial charge in [0.25, 0.3) is 0 Å². The highest BCUT2D eigenvalue weighted by Crippen LogP contribution is 2.40. The molecule has 0 bridgehead atoms. The predicted molar refractivity (Wildman–Crippen MR) is 135 cm³/mol. The number of rotatable bonds is 9. The molecule has 1 saturated heterocycles. The van der Waals surface area contributed by atoms with Crippen molar-refractivity contribution < 1.29 is 27.2 Å². The minimum atomic E-state index is -5.00. The summed E-state index contributed by atoms with van der Waals surface area (Å²) in [7, 11) is 0. The quantitative estimate of drug-likeness (QED) is 0.292. The number of amides is 2. The molecule has 1 aliphatic heterocycles. The molecule has 1 atom stereocenters. The van der Waals surface area contributed by atoms with Crippen molar-refractivity contribution in [3.63, 3.8) is 0 Å². The molecule has 6 N–H and O–H groups in total. The highest BCUT2D eigenvalue weighted by Gasteiger charge is 2.44. The Bertz CT molecular complexity index is 1380. The summed E-state index contributed by atoms with van der Waals surface area (Å²) in [6, 6.07) is 1.99. The molecule has 39 heavy (non-hydrogen) atoms. The van der Waals surface area contributed by atoms with E-state index in [4.69, 9.17) is 11.5 Å². The third kappa shape index (κ3) is 5.87. The molecule has 2 amide bonds. The highest BCUT2D eigenvalue weighted by molar-refractivity contribution is 5.88. The van der Waals surface area contributed by atoms with Gasteiger partial charge >= 0.3 is 6.18 Å². The zero-order chi connectivity index (χ0) is 28.4. The van der Waals surface area contributed by atoms with Crippen LogP contribution in [0, 0.1) is 5.82 Å². The van der Waals surface area contributed by atoms with E-state index < -0.39 is 35.5 Å². The van der Waals surface area contributed by atoms with Crippen LogP contribution in [0.5, 0.6) is 0 Å². The van der Waals surface area contributed by atoms with Gasteiger partial charge in [0.15, 0.2) is 11.5 Å². The Labute approximate surface area is 221 Å². The van der Waals surface area contributed by atoms with E-state index in [1.54, 1.807) is 0 Å². The molecule has 3 heterocycles. The Hall–Kier alpha value is -4.01. The first-order valence-corrected chi connectivity index (χ1v) is 12.3. The van der Waals surface area contributed by atoms with E-state index in [1.165, 1.54) is 21.9 Å². The van der Waals surface area contributed by atoms with Gasteiger partial charge in [-0.2, -0.15) is 13.2 Å². The van der Waals surface area contributed by atoms with Crippen molar-refractivity contribution in [1.29, 1.82) is 0 Å². The standard InChI is InChI=1S/C24H29F4N9O2/c1-2-7-31-17(38)5-8-32-22(39)23(30)6-9-36(11-23)16-4-3-15(25)18(24(26,27)28)14(16)10-37-13-35-19-20(29)33-12-34-21(19)37/h3-4,12-13H,2,5-11,30H2,1H3,(H,31,38)(H,32,39)(H2,29,33,34). The van der Waals surface area contributed by atoms with Crippen LogP contribution in [0.25, 0.3) is 11.2 Å². The highest BCUT2D eigenvalue weighted by atomic mass is 19.4. The maximum Gasteiger partial charge on any atom is 0.419 e. The number of carbonyl (C=O) groups excluding carboxylic acids is 2. The fourth-order valence-corrected chi connectivity index (χ4v) is 4.60. The second kappa shape index (κ2) is 11.0. The molecule has 1 aliphatic rings. The van der Waals surface area contributed by atoms with Crippen LogP contribution in [0.15, 0.2) is 24.8 Å². The summed E-state index contributed by atoms with van der Waals surface area (Å²) in [6.45, 7) is 2.11. The van der Waals surface area contributed by atoms with Gasteiger partial charge in [-0.25, -0.2) is 19.3 Å². The molecule has 0 aliphatic carbocycles. The number of benzene rings is 1. The van der Waals surface area contributed by atoms with Gasteiger partial charge in [0.2, 0.25) is 11.8 Å². The summed E-state index contributed by atoms with van der Waals surface area (Å²) in [4.78, 5) is 38.1. The van der Waals surface area contributed by atoms with Crippen LogP contribution in [-0.4, -0.2) is 63.1 Å². The molecule has 4 rings (SSSR count). The normalized spacial score (nSPS) is 17.5. The van der Waals surface area contributed by atoms with Gasteiger partial charge in [-0.1, -0.05) is 6.92 Å². The van der Waals surface area contributed by atoms with Crippen LogP contribution < -0.4 is 27.0 Å². The molecule has 0 spiro atoms. The summed E-state index contributed by atoms with van der Waals surface area (Å²) >= 11 is 0. The molecule has 3 aromatic rings. The van der Waals surface area contributed by atoms with E-state index in [0.29, 0.717) is 6.54 Å². The van der Waals surface area contributed by atoms with E-state index in [0.717, 1.165) is 18.8 Å². The first-order chi connectivity index (χ1) is 18.4. The number of imidazole rings is 1. The van der Waals surface area contributed by atoms with E-state index in [2.05, 4.69) is 25.6 Å². The Balaban J connectivity index is 1.60. The Morgan fingerprint density at radius 3 is 2.64 bits per heavy atom. The number of fused-ring (bicyclic) bond motifs is 1. The molecule has 15 heteroatoms. The summed E-state index contributed by atoms with van der Waals surface area (Å²) in [6.07, 6.45) is -1.62. The van der Waals surface area contributed by atoms with Crippen LogP contribution in [0.2, 0.25) is 0 Å². The number of nitrogens with one attached hydrogen (secondary N) is 2. The lowest BCUT2D eigenvalue weighted by atomic mass is 9.98. The van der Waals surface area contributed by atoms with Crippen LogP contribution in [0.1, 0.15) is 37.3 Å². The van der Waals surface area contributed by atoms with E-state index in [-0.39, 0.29) is 66.6 Å². The van der Waals surface area contributed by atoms with Crippen molar-refractivity contribution in [2.75, 3.05) is 36.8 Å². The molecule has 2 aromatic heterocycles. The number of anilines is 2. The van der Waals surface area contributed by atoms with Crippen molar-refractivity contribution >= 4 is 34.5 Å². The number of hydrogen-bond acceptors (Lipinski definition) is 8. The van der Waals surface area contributed by atoms with Crippen LogP contribution in [0.4, 0.5) is 29.1 Å². The summed E-state index contributed by atoms with van der Waals surface area (Å²) in [5.74, 6) is -2.13. The van der Waals surface area contributed by atoms with Crippen molar-refractivity contribution in [2.24, 2.45) is 5.73 Å². The third-order valence-electron chi connectivity index (χ3n) is 6.58. The summed E-state index contributed by atoms with van der Waals surface area (Å²) < 4.78 is 58.3.